The maximum Gasteiger partial charge on any atom is 0.161 e. The van der Waals surface area contributed by atoms with E-state index in [1.54, 1.807) is 12.3 Å². The third-order valence-electron chi connectivity index (χ3n) is 2.44. The number of hydrogen-bond acceptors (Lipinski definition) is 4. The van der Waals surface area contributed by atoms with Crippen LogP contribution in [0.15, 0.2) is 18.2 Å². The fourth-order valence-electron chi connectivity index (χ4n) is 1.57. The lowest BCUT2D eigenvalue weighted by Gasteiger charge is -2.09. The van der Waals surface area contributed by atoms with Crippen LogP contribution in [-0.2, 0) is 17.3 Å². The number of benzene rings is 1. The van der Waals surface area contributed by atoms with Crippen molar-refractivity contribution in [2.45, 2.75) is 19.9 Å². The Labute approximate surface area is 111 Å². The highest BCUT2D eigenvalue weighted by atomic mass is 32.2. The largest absolute Gasteiger partial charge is 0.504 e. The standard InChI is InChI=1S/C13H21NO3S/c1-3-17-13-9-11(5-6-12(13)15)10-14-7-4-8-18(2)16/h5-6,9,14-15H,3-4,7-8,10H2,1-2H3. The van der Waals surface area contributed by atoms with E-state index in [4.69, 9.17) is 4.74 Å². The molecule has 1 aromatic carbocycles. The van der Waals surface area contributed by atoms with E-state index in [9.17, 15) is 9.32 Å². The molecule has 1 atom stereocenters. The van der Waals surface area contributed by atoms with Crippen molar-refractivity contribution in [2.24, 2.45) is 0 Å². The summed E-state index contributed by atoms with van der Waals surface area (Å²) in [4.78, 5) is 0. The fraction of sp³-hybridized carbons (Fsp3) is 0.538. The van der Waals surface area contributed by atoms with Crippen LogP contribution in [0.3, 0.4) is 0 Å². The Hall–Kier alpha value is -1.07. The topological polar surface area (TPSA) is 58.6 Å². The van der Waals surface area contributed by atoms with Crippen molar-refractivity contribution in [3.05, 3.63) is 23.8 Å². The monoisotopic (exact) mass is 271 g/mol. The van der Waals surface area contributed by atoms with Crippen LogP contribution in [0, 0.1) is 0 Å². The highest BCUT2D eigenvalue weighted by Crippen LogP contribution is 2.26. The second kappa shape index (κ2) is 8.11. The zero-order chi connectivity index (χ0) is 13.4. The fourth-order valence-corrected chi connectivity index (χ4v) is 2.12. The van der Waals surface area contributed by atoms with Gasteiger partial charge >= 0.3 is 0 Å². The van der Waals surface area contributed by atoms with Crippen LogP contribution in [0.5, 0.6) is 11.5 Å². The van der Waals surface area contributed by atoms with Gasteiger partial charge in [0, 0.05) is 29.4 Å². The van der Waals surface area contributed by atoms with Crippen LogP contribution in [0.4, 0.5) is 0 Å². The Morgan fingerprint density at radius 3 is 2.89 bits per heavy atom. The SMILES string of the molecule is CCOc1cc(CNCCCS(C)=O)ccc1O. The highest BCUT2D eigenvalue weighted by molar-refractivity contribution is 7.84. The first-order valence-electron chi connectivity index (χ1n) is 6.09. The van der Waals surface area contributed by atoms with E-state index in [0.717, 1.165) is 30.8 Å². The van der Waals surface area contributed by atoms with Gasteiger partial charge in [-0.25, -0.2) is 0 Å². The van der Waals surface area contributed by atoms with Gasteiger partial charge in [0.2, 0.25) is 0 Å². The summed E-state index contributed by atoms with van der Waals surface area (Å²) < 4.78 is 16.2. The van der Waals surface area contributed by atoms with Crippen LogP contribution >= 0.6 is 0 Å². The van der Waals surface area contributed by atoms with Crippen molar-refractivity contribution in [1.82, 2.24) is 5.32 Å². The van der Waals surface area contributed by atoms with E-state index >= 15 is 0 Å². The van der Waals surface area contributed by atoms with Crippen molar-refractivity contribution < 1.29 is 14.1 Å². The smallest absolute Gasteiger partial charge is 0.161 e. The van der Waals surface area contributed by atoms with Crippen molar-refractivity contribution in [1.29, 1.82) is 0 Å². The van der Waals surface area contributed by atoms with Crippen molar-refractivity contribution >= 4 is 10.8 Å². The molecule has 0 amide bonds. The van der Waals surface area contributed by atoms with Crippen molar-refractivity contribution in [2.75, 3.05) is 25.2 Å². The molecular weight excluding hydrogens is 250 g/mol. The summed E-state index contributed by atoms with van der Waals surface area (Å²) in [5.74, 6) is 1.42. The average Bonchev–Trinajstić information content (AvgIpc) is 2.32. The lowest BCUT2D eigenvalue weighted by atomic mass is 10.2. The average molecular weight is 271 g/mol. The molecule has 4 nitrogen and oxygen atoms in total. The minimum atomic E-state index is -0.716. The van der Waals surface area contributed by atoms with E-state index in [0.29, 0.717) is 12.4 Å². The number of phenolic OH excluding ortho intramolecular Hbond substituents is 1. The van der Waals surface area contributed by atoms with Crippen LogP contribution < -0.4 is 10.1 Å². The molecule has 0 aromatic heterocycles. The summed E-state index contributed by atoms with van der Waals surface area (Å²) in [7, 11) is -0.716. The highest BCUT2D eigenvalue weighted by Gasteiger charge is 2.03. The first-order chi connectivity index (χ1) is 8.63. The minimum Gasteiger partial charge on any atom is -0.504 e. The van der Waals surface area contributed by atoms with Crippen LogP contribution in [0.25, 0.3) is 0 Å². The number of rotatable bonds is 8. The molecule has 0 bridgehead atoms. The zero-order valence-electron chi connectivity index (χ0n) is 10.9. The quantitative estimate of drug-likeness (QED) is 0.706. The molecule has 0 saturated heterocycles. The van der Waals surface area contributed by atoms with Gasteiger partial charge in [-0.05, 0) is 37.6 Å². The van der Waals surface area contributed by atoms with E-state index in [-0.39, 0.29) is 5.75 Å². The third kappa shape index (κ3) is 5.51. The summed E-state index contributed by atoms with van der Waals surface area (Å²) in [5, 5.41) is 12.8. The molecule has 0 aliphatic rings. The van der Waals surface area contributed by atoms with Gasteiger partial charge < -0.3 is 15.2 Å². The van der Waals surface area contributed by atoms with Crippen LogP contribution in [0.2, 0.25) is 0 Å². The Morgan fingerprint density at radius 2 is 2.22 bits per heavy atom. The van der Waals surface area contributed by atoms with Crippen molar-refractivity contribution in [3.8, 4) is 11.5 Å². The van der Waals surface area contributed by atoms with Gasteiger partial charge in [-0.15, -0.1) is 0 Å². The molecule has 0 heterocycles. The Morgan fingerprint density at radius 1 is 1.44 bits per heavy atom. The minimum absolute atomic E-state index is 0.168. The number of aromatic hydroxyl groups is 1. The van der Waals surface area contributed by atoms with E-state index in [2.05, 4.69) is 5.32 Å². The molecule has 1 unspecified atom stereocenters. The number of phenols is 1. The zero-order valence-corrected chi connectivity index (χ0v) is 11.8. The van der Waals surface area contributed by atoms with Gasteiger partial charge in [0.1, 0.15) is 0 Å². The number of nitrogens with one attached hydrogen (secondary N) is 1. The Bertz CT molecular complexity index is 396. The van der Waals surface area contributed by atoms with Gasteiger partial charge in [-0.3, -0.25) is 4.21 Å². The molecule has 5 heteroatoms. The number of ether oxygens (including phenoxy) is 1. The third-order valence-corrected chi connectivity index (χ3v) is 3.30. The molecule has 2 N–H and O–H groups in total. The van der Waals surface area contributed by atoms with Gasteiger partial charge in [-0.1, -0.05) is 6.07 Å². The summed E-state index contributed by atoms with van der Waals surface area (Å²) in [6, 6.07) is 5.34. The summed E-state index contributed by atoms with van der Waals surface area (Å²) in [6.07, 6.45) is 2.62. The summed E-state index contributed by atoms with van der Waals surface area (Å²) in [5.41, 5.74) is 1.06. The van der Waals surface area contributed by atoms with E-state index < -0.39 is 10.8 Å². The molecule has 102 valence electrons. The predicted octanol–water partition coefficient (Wildman–Crippen LogP) is 1.65. The first kappa shape index (κ1) is 15.0. The lowest BCUT2D eigenvalue weighted by molar-refractivity contribution is 0.317. The first-order valence-corrected chi connectivity index (χ1v) is 7.81. The summed E-state index contributed by atoms with van der Waals surface area (Å²) in [6.45, 7) is 3.98. The van der Waals surface area contributed by atoms with E-state index in [1.807, 2.05) is 19.1 Å². The normalized spacial score (nSPS) is 12.3. The maximum atomic E-state index is 10.9. The Kier molecular flexibility index (Phi) is 6.75. The number of hydrogen-bond donors (Lipinski definition) is 2. The van der Waals surface area contributed by atoms with Gasteiger partial charge in [0.15, 0.2) is 11.5 Å². The van der Waals surface area contributed by atoms with Crippen LogP contribution in [-0.4, -0.2) is 34.5 Å². The predicted molar refractivity (Wildman–Crippen MR) is 74.5 cm³/mol. The van der Waals surface area contributed by atoms with Gasteiger partial charge in [-0.2, -0.15) is 0 Å². The molecule has 0 radical (unpaired) electrons. The molecule has 1 aromatic rings. The van der Waals surface area contributed by atoms with Gasteiger partial charge in [0.25, 0.3) is 0 Å². The molecule has 1 rings (SSSR count). The molecule has 0 aliphatic carbocycles. The second-order valence-electron chi connectivity index (χ2n) is 4.04. The molecule has 0 aliphatic heterocycles. The maximum absolute atomic E-state index is 10.9. The molecule has 18 heavy (non-hydrogen) atoms. The molecular formula is C13H21NO3S. The van der Waals surface area contributed by atoms with E-state index in [1.165, 1.54) is 0 Å². The molecule has 0 saturated carbocycles. The second-order valence-corrected chi connectivity index (χ2v) is 5.60. The Balaban J connectivity index is 2.38. The van der Waals surface area contributed by atoms with Gasteiger partial charge in [0.05, 0.1) is 6.61 Å². The summed E-state index contributed by atoms with van der Waals surface area (Å²) >= 11 is 0. The van der Waals surface area contributed by atoms with Crippen molar-refractivity contribution in [3.63, 3.8) is 0 Å². The molecule has 0 spiro atoms. The van der Waals surface area contributed by atoms with Crippen LogP contribution in [0.1, 0.15) is 18.9 Å². The lowest BCUT2D eigenvalue weighted by Crippen LogP contribution is -2.16. The molecule has 0 fully saturated rings.